The third-order valence-corrected chi connectivity index (χ3v) is 3.56. The quantitative estimate of drug-likeness (QED) is 0.508. The fourth-order valence-electron chi connectivity index (χ4n) is 2.80. The third kappa shape index (κ3) is 1.46. The van der Waals surface area contributed by atoms with Crippen LogP contribution < -0.4 is 0 Å². The first-order valence-corrected chi connectivity index (χ1v) is 5.86. The van der Waals surface area contributed by atoms with Gasteiger partial charge in [0.25, 0.3) is 0 Å². The molecule has 1 aliphatic carbocycles. The number of carbonyl (C=O) groups excluding carboxylic acids is 3. The Bertz CT molecular complexity index is 418. The summed E-state index contributed by atoms with van der Waals surface area (Å²) in [5.41, 5.74) is 0. The van der Waals surface area contributed by atoms with Crippen LogP contribution in [0.25, 0.3) is 0 Å². The van der Waals surface area contributed by atoms with Crippen molar-refractivity contribution >= 4 is 18.1 Å². The van der Waals surface area contributed by atoms with Crippen molar-refractivity contribution in [2.24, 2.45) is 11.8 Å². The molecule has 18 heavy (non-hydrogen) atoms. The second kappa shape index (κ2) is 3.86. The molecule has 0 N–H and O–H groups in total. The van der Waals surface area contributed by atoms with Crippen molar-refractivity contribution in [1.29, 1.82) is 0 Å². The Kier molecular flexibility index (Phi) is 2.42. The highest BCUT2D eigenvalue weighted by molar-refractivity contribution is 5.82. The maximum Gasteiger partial charge on any atom is 0.509 e. The van der Waals surface area contributed by atoms with E-state index in [1.54, 1.807) is 6.92 Å². The lowest BCUT2D eigenvalue weighted by molar-refractivity contribution is -0.206. The van der Waals surface area contributed by atoms with E-state index in [-0.39, 0.29) is 13.0 Å². The Labute approximate surface area is 102 Å². The third-order valence-electron chi connectivity index (χ3n) is 3.56. The normalized spacial score (nSPS) is 40.6. The lowest BCUT2D eigenvalue weighted by Gasteiger charge is -2.43. The van der Waals surface area contributed by atoms with E-state index in [1.165, 1.54) is 0 Å². The molecule has 2 bridgehead atoms. The SMILES string of the molecule is CCOC(=O)C1C[C@H]2C(=O)O[C@@H]1[C@H]1OC(=O)O[C@H]12. The molecule has 1 unspecified atom stereocenters. The molecule has 4 aliphatic rings. The number of fused-ring (bicyclic) bond motifs is 2. The molecule has 0 aromatic heterocycles. The van der Waals surface area contributed by atoms with Crippen LogP contribution in [-0.4, -0.2) is 43.0 Å². The van der Waals surface area contributed by atoms with Gasteiger partial charge in [0.05, 0.1) is 18.4 Å². The molecule has 98 valence electrons. The highest BCUT2D eigenvalue weighted by Crippen LogP contribution is 2.44. The van der Waals surface area contributed by atoms with Gasteiger partial charge in [0.2, 0.25) is 0 Å². The Morgan fingerprint density at radius 1 is 1.22 bits per heavy atom. The fourth-order valence-corrected chi connectivity index (χ4v) is 2.80. The number of hydrogen-bond donors (Lipinski definition) is 0. The highest BCUT2D eigenvalue weighted by atomic mass is 16.8. The summed E-state index contributed by atoms with van der Waals surface area (Å²) in [6, 6.07) is 0. The smallest absolute Gasteiger partial charge is 0.466 e. The maximum atomic E-state index is 11.8. The van der Waals surface area contributed by atoms with Gasteiger partial charge in [-0.3, -0.25) is 9.59 Å². The molecule has 3 saturated heterocycles. The second-order valence-electron chi connectivity index (χ2n) is 4.52. The van der Waals surface area contributed by atoms with E-state index in [2.05, 4.69) is 0 Å². The van der Waals surface area contributed by atoms with Gasteiger partial charge in [-0.15, -0.1) is 0 Å². The molecule has 0 aromatic carbocycles. The largest absolute Gasteiger partial charge is 0.509 e. The lowest BCUT2D eigenvalue weighted by atomic mass is 9.73. The number of ether oxygens (including phenoxy) is 4. The van der Waals surface area contributed by atoms with Crippen LogP contribution in [0.3, 0.4) is 0 Å². The topological polar surface area (TPSA) is 88.1 Å². The van der Waals surface area contributed by atoms with E-state index in [1.807, 2.05) is 0 Å². The van der Waals surface area contributed by atoms with Crippen molar-refractivity contribution in [3.63, 3.8) is 0 Å². The van der Waals surface area contributed by atoms with Gasteiger partial charge in [-0.25, -0.2) is 4.79 Å². The summed E-state index contributed by atoms with van der Waals surface area (Å²) in [4.78, 5) is 34.5. The van der Waals surface area contributed by atoms with Gasteiger partial charge in [0.15, 0.2) is 18.3 Å². The van der Waals surface area contributed by atoms with E-state index in [0.717, 1.165) is 0 Å². The minimum atomic E-state index is -0.817. The Morgan fingerprint density at radius 2 is 1.94 bits per heavy atom. The van der Waals surface area contributed by atoms with E-state index < -0.39 is 48.2 Å². The minimum absolute atomic E-state index is 0.255. The molecule has 0 aromatic rings. The molecule has 0 radical (unpaired) electrons. The summed E-state index contributed by atoms with van der Waals surface area (Å²) >= 11 is 0. The number of esters is 2. The molecule has 5 atom stereocenters. The molecule has 3 aliphatic heterocycles. The molecule has 4 rings (SSSR count). The van der Waals surface area contributed by atoms with Crippen molar-refractivity contribution < 1.29 is 33.3 Å². The van der Waals surface area contributed by atoms with Gasteiger partial charge in [-0.05, 0) is 13.3 Å². The Morgan fingerprint density at radius 3 is 2.67 bits per heavy atom. The van der Waals surface area contributed by atoms with Crippen LogP contribution in [0.2, 0.25) is 0 Å². The van der Waals surface area contributed by atoms with Crippen molar-refractivity contribution in [1.82, 2.24) is 0 Å². The maximum absolute atomic E-state index is 11.8. The molecular weight excluding hydrogens is 244 g/mol. The van der Waals surface area contributed by atoms with Crippen molar-refractivity contribution in [3.8, 4) is 0 Å². The van der Waals surface area contributed by atoms with Crippen LogP contribution in [0, 0.1) is 11.8 Å². The second-order valence-corrected chi connectivity index (χ2v) is 4.52. The Hall–Kier alpha value is -1.79. The minimum Gasteiger partial charge on any atom is -0.466 e. The van der Waals surface area contributed by atoms with Crippen molar-refractivity contribution in [3.05, 3.63) is 0 Å². The van der Waals surface area contributed by atoms with Crippen LogP contribution >= 0.6 is 0 Å². The van der Waals surface area contributed by atoms with Crippen LogP contribution in [0.5, 0.6) is 0 Å². The van der Waals surface area contributed by atoms with Crippen molar-refractivity contribution in [2.75, 3.05) is 6.61 Å². The summed E-state index contributed by atoms with van der Waals surface area (Å²) < 4.78 is 20.0. The van der Waals surface area contributed by atoms with E-state index in [9.17, 15) is 14.4 Å². The molecular formula is C11H12O7. The number of carbonyl (C=O) groups is 3. The van der Waals surface area contributed by atoms with E-state index in [0.29, 0.717) is 0 Å². The first kappa shape index (κ1) is 11.3. The summed E-state index contributed by atoms with van der Waals surface area (Å²) in [6.45, 7) is 1.96. The van der Waals surface area contributed by atoms with Crippen LogP contribution in [0.1, 0.15) is 13.3 Å². The number of rotatable bonds is 2. The monoisotopic (exact) mass is 256 g/mol. The van der Waals surface area contributed by atoms with E-state index in [4.69, 9.17) is 18.9 Å². The molecule has 7 nitrogen and oxygen atoms in total. The summed E-state index contributed by atoms with van der Waals surface area (Å²) in [7, 11) is 0. The van der Waals surface area contributed by atoms with Gasteiger partial charge in [0, 0.05) is 0 Å². The molecule has 1 saturated carbocycles. The van der Waals surface area contributed by atoms with Gasteiger partial charge in [-0.2, -0.15) is 0 Å². The van der Waals surface area contributed by atoms with E-state index >= 15 is 0 Å². The zero-order valence-electron chi connectivity index (χ0n) is 9.66. The summed E-state index contributed by atoms with van der Waals surface area (Å²) in [5, 5.41) is 0. The predicted octanol–water partition coefficient (Wildman–Crippen LogP) is 0.0150. The first-order valence-electron chi connectivity index (χ1n) is 5.86. The highest BCUT2D eigenvalue weighted by Gasteiger charge is 2.63. The van der Waals surface area contributed by atoms with Gasteiger partial charge < -0.3 is 18.9 Å². The molecule has 4 fully saturated rings. The molecule has 0 amide bonds. The fraction of sp³-hybridized carbons (Fsp3) is 0.727. The molecule has 0 spiro atoms. The van der Waals surface area contributed by atoms with Crippen LogP contribution in [0.4, 0.5) is 4.79 Å². The van der Waals surface area contributed by atoms with Crippen molar-refractivity contribution in [2.45, 2.75) is 31.7 Å². The zero-order chi connectivity index (χ0) is 12.9. The first-order chi connectivity index (χ1) is 8.61. The summed E-state index contributed by atoms with van der Waals surface area (Å²) in [5.74, 6) is -2.09. The lowest BCUT2D eigenvalue weighted by Crippen LogP contribution is -2.61. The standard InChI is InChI=1S/C11H12O7/c1-2-15-9(12)4-3-5-7-8(18-11(14)17-7)6(4)16-10(5)13/h4-8H,2-3H2,1H3/t4?,5-,6+,7+,8-/m1/s1. The Balaban J connectivity index is 1.85. The van der Waals surface area contributed by atoms with Gasteiger partial charge in [0.1, 0.15) is 0 Å². The van der Waals surface area contributed by atoms with Crippen LogP contribution in [0.15, 0.2) is 0 Å². The molecule has 7 heteroatoms. The molecule has 3 heterocycles. The average molecular weight is 256 g/mol. The average Bonchev–Trinajstić information content (AvgIpc) is 2.72. The predicted molar refractivity (Wildman–Crippen MR) is 53.3 cm³/mol. The summed E-state index contributed by atoms with van der Waals surface area (Å²) in [6.07, 6.45) is -2.65. The zero-order valence-corrected chi connectivity index (χ0v) is 9.66. The number of hydrogen-bond acceptors (Lipinski definition) is 7. The van der Waals surface area contributed by atoms with Gasteiger partial charge in [-0.1, -0.05) is 0 Å². The van der Waals surface area contributed by atoms with Crippen LogP contribution in [-0.2, 0) is 28.5 Å². The van der Waals surface area contributed by atoms with Gasteiger partial charge >= 0.3 is 18.1 Å².